The Morgan fingerprint density at radius 1 is 1.09 bits per heavy atom. The van der Waals surface area contributed by atoms with Crippen molar-refractivity contribution in [2.75, 3.05) is 25.0 Å². The van der Waals surface area contributed by atoms with E-state index in [1.165, 1.54) is 11.6 Å². The number of anilines is 1. The molecule has 0 aliphatic carbocycles. The highest BCUT2D eigenvalue weighted by atomic mass is 16.6. The molecule has 1 saturated heterocycles. The van der Waals surface area contributed by atoms with Gasteiger partial charge in [0.2, 0.25) is 5.91 Å². The summed E-state index contributed by atoms with van der Waals surface area (Å²) in [4.78, 5) is 37.8. The van der Waals surface area contributed by atoms with E-state index in [4.69, 9.17) is 0 Å². The second kappa shape index (κ2) is 10.9. The van der Waals surface area contributed by atoms with Crippen molar-refractivity contribution < 1.29 is 14.5 Å². The SMILES string of the molecule is CC(C)Cc1ccc(C(=O)C2CCN(C(=O)CCNc3ccccc3[N+](=O)[O-])CC2)cc1. The second-order valence-electron chi connectivity index (χ2n) is 8.77. The number of hydrogen-bond acceptors (Lipinski definition) is 5. The Kier molecular flexibility index (Phi) is 7.98. The zero-order chi connectivity index (χ0) is 23.1. The number of carbonyl (C=O) groups is 2. The molecule has 170 valence electrons. The average molecular weight is 438 g/mol. The van der Waals surface area contributed by atoms with Crippen LogP contribution in [-0.2, 0) is 11.2 Å². The van der Waals surface area contributed by atoms with E-state index in [0.29, 0.717) is 44.1 Å². The molecule has 3 rings (SSSR count). The molecule has 2 aromatic rings. The number of Topliss-reactive ketones (excluding diaryl/α,β-unsaturated/α-hetero) is 1. The third kappa shape index (κ3) is 6.15. The normalized spacial score (nSPS) is 14.4. The van der Waals surface area contributed by atoms with Crippen molar-refractivity contribution in [3.8, 4) is 0 Å². The number of nitrogens with one attached hydrogen (secondary N) is 1. The van der Waals surface area contributed by atoms with Crippen LogP contribution < -0.4 is 5.32 Å². The quantitative estimate of drug-likeness (QED) is 0.348. The zero-order valence-electron chi connectivity index (χ0n) is 18.8. The predicted molar refractivity (Wildman–Crippen MR) is 125 cm³/mol. The maximum absolute atomic E-state index is 12.9. The Morgan fingerprint density at radius 3 is 2.38 bits per heavy atom. The van der Waals surface area contributed by atoms with Crippen molar-refractivity contribution in [3.63, 3.8) is 0 Å². The molecule has 0 aromatic heterocycles. The smallest absolute Gasteiger partial charge is 0.292 e. The fourth-order valence-corrected chi connectivity index (χ4v) is 4.15. The number of ketones is 1. The molecule has 1 aliphatic rings. The van der Waals surface area contributed by atoms with E-state index in [9.17, 15) is 19.7 Å². The van der Waals surface area contributed by atoms with E-state index in [0.717, 1.165) is 12.0 Å². The third-order valence-corrected chi connectivity index (χ3v) is 5.86. The van der Waals surface area contributed by atoms with Crippen molar-refractivity contribution in [2.45, 2.75) is 39.5 Å². The van der Waals surface area contributed by atoms with E-state index in [1.807, 2.05) is 24.3 Å². The van der Waals surface area contributed by atoms with Gasteiger partial charge in [0.05, 0.1) is 4.92 Å². The van der Waals surface area contributed by atoms with Crippen LogP contribution in [0.1, 0.15) is 49.0 Å². The van der Waals surface area contributed by atoms with Crippen LogP contribution in [0.2, 0.25) is 0 Å². The summed E-state index contributed by atoms with van der Waals surface area (Å²) >= 11 is 0. The van der Waals surface area contributed by atoms with Crippen molar-refractivity contribution >= 4 is 23.1 Å². The lowest BCUT2D eigenvalue weighted by Gasteiger charge is -2.31. The molecule has 0 atom stereocenters. The number of likely N-dealkylation sites (tertiary alicyclic amines) is 1. The largest absolute Gasteiger partial charge is 0.379 e. The first kappa shape index (κ1) is 23.4. The third-order valence-electron chi connectivity index (χ3n) is 5.86. The van der Waals surface area contributed by atoms with Crippen LogP contribution in [0.25, 0.3) is 0 Å². The molecule has 32 heavy (non-hydrogen) atoms. The fraction of sp³-hybridized carbons (Fsp3) is 0.440. The summed E-state index contributed by atoms with van der Waals surface area (Å²) in [6.07, 6.45) is 2.58. The molecule has 0 radical (unpaired) electrons. The molecule has 7 nitrogen and oxygen atoms in total. The van der Waals surface area contributed by atoms with Gasteiger partial charge in [0.15, 0.2) is 5.78 Å². The molecule has 0 saturated carbocycles. The van der Waals surface area contributed by atoms with Crippen molar-refractivity contribution in [1.82, 2.24) is 4.90 Å². The van der Waals surface area contributed by atoms with Crippen molar-refractivity contribution in [1.29, 1.82) is 0 Å². The Hall–Kier alpha value is -3.22. The molecule has 0 unspecified atom stereocenters. The van der Waals surface area contributed by atoms with Gasteiger partial charge in [-0.05, 0) is 36.8 Å². The molecule has 1 N–H and O–H groups in total. The number of piperidine rings is 1. The Balaban J connectivity index is 1.45. The Bertz CT molecular complexity index is 948. The maximum atomic E-state index is 12.9. The van der Waals surface area contributed by atoms with E-state index in [-0.39, 0.29) is 29.7 Å². The molecule has 1 aliphatic heterocycles. The molecule has 1 amide bonds. The lowest BCUT2D eigenvalue weighted by Crippen LogP contribution is -2.40. The number of rotatable bonds is 9. The van der Waals surface area contributed by atoms with Gasteiger partial charge in [-0.25, -0.2) is 0 Å². The summed E-state index contributed by atoms with van der Waals surface area (Å²) < 4.78 is 0. The number of para-hydroxylation sites is 2. The predicted octanol–water partition coefficient (Wildman–Crippen LogP) is 4.72. The highest BCUT2D eigenvalue weighted by Crippen LogP contribution is 2.24. The Labute approximate surface area is 189 Å². The monoisotopic (exact) mass is 437 g/mol. The molecule has 2 aromatic carbocycles. The summed E-state index contributed by atoms with van der Waals surface area (Å²) in [6.45, 7) is 5.80. The zero-order valence-corrected chi connectivity index (χ0v) is 18.8. The lowest BCUT2D eigenvalue weighted by atomic mass is 9.88. The average Bonchev–Trinajstić information content (AvgIpc) is 2.79. The number of nitro groups is 1. The van der Waals surface area contributed by atoms with Crippen LogP contribution in [-0.4, -0.2) is 41.1 Å². The molecular weight excluding hydrogens is 406 g/mol. The second-order valence-corrected chi connectivity index (χ2v) is 8.77. The molecular formula is C25H31N3O4. The summed E-state index contributed by atoms with van der Waals surface area (Å²) in [7, 11) is 0. The number of nitrogens with zero attached hydrogens (tertiary/aromatic N) is 2. The minimum atomic E-state index is -0.441. The first-order chi connectivity index (χ1) is 15.3. The fourth-order valence-electron chi connectivity index (χ4n) is 4.15. The summed E-state index contributed by atoms with van der Waals surface area (Å²) in [5.74, 6) is 0.683. The van der Waals surface area contributed by atoms with E-state index in [1.54, 1.807) is 23.1 Å². The first-order valence-corrected chi connectivity index (χ1v) is 11.2. The van der Waals surface area contributed by atoms with Crippen LogP contribution >= 0.6 is 0 Å². The summed E-state index contributed by atoms with van der Waals surface area (Å²) in [5.41, 5.74) is 2.40. The first-order valence-electron chi connectivity index (χ1n) is 11.2. The van der Waals surface area contributed by atoms with Gasteiger partial charge in [-0.3, -0.25) is 19.7 Å². The van der Waals surface area contributed by atoms with Crippen LogP contribution in [0.3, 0.4) is 0 Å². The van der Waals surface area contributed by atoms with E-state index < -0.39 is 4.92 Å². The van der Waals surface area contributed by atoms with Crippen LogP contribution in [0.5, 0.6) is 0 Å². The van der Waals surface area contributed by atoms with Gasteiger partial charge in [-0.15, -0.1) is 0 Å². The van der Waals surface area contributed by atoms with Gasteiger partial charge in [0.25, 0.3) is 5.69 Å². The number of hydrogen-bond donors (Lipinski definition) is 1. The topological polar surface area (TPSA) is 92.6 Å². The lowest BCUT2D eigenvalue weighted by molar-refractivity contribution is -0.384. The molecule has 0 spiro atoms. The van der Waals surface area contributed by atoms with Gasteiger partial charge in [-0.2, -0.15) is 0 Å². The van der Waals surface area contributed by atoms with Crippen molar-refractivity contribution in [2.24, 2.45) is 11.8 Å². The van der Waals surface area contributed by atoms with Crippen LogP contribution in [0.4, 0.5) is 11.4 Å². The molecule has 1 heterocycles. The van der Waals surface area contributed by atoms with E-state index >= 15 is 0 Å². The van der Waals surface area contributed by atoms with Gasteiger partial charge in [-0.1, -0.05) is 50.2 Å². The molecule has 0 bridgehead atoms. The van der Waals surface area contributed by atoms with Crippen molar-refractivity contribution in [3.05, 3.63) is 69.8 Å². The standard InChI is InChI=1S/C25H31N3O4/c1-18(2)17-19-7-9-20(10-8-19)25(30)21-12-15-27(16-13-21)24(29)11-14-26-22-5-3-4-6-23(22)28(31)32/h3-10,18,21,26H,11-17H2,1-2H3. The van der Waals surface area contributed by atoms with Gasteiger partial charge in [0.1, 0.15) is 5.69 Å². The van der Waals surface area contributed by atoms with Gasteiger partial charge >= 0.3 is 0 Å². The minimum absolute atomic E-state index is 0.0000199. The highest BCUT2D eigenvalue weighted by Gasteiger charge is 2.27. The number of benzene rings is 2. The van der Waals surface area contributed by atoms with Gasteiger partial charge < -0.3 is 10.2 Å². The Morgan fingerprint density at radius 2 is 1.75 bits per heavy atom. The highest BCUT2D eigenvalue weighted by molar-refractivity contribution is 5.98. The van der Waals surface area contributed by atoms with Crippen LogP contribution in [0.15, 0.2) is 48.5 Å². The van der Waals surface area contributed by atoms with E-state index in [2.05, 4.69) is 19.2 Å². The number of amides is 1. The maximum Gasteiger partial charge on any atom is 0.292 e. The van der Waals surface area contributed by atoms with Gasteiger partial charge in [0, 0.05) is 43.6 Å². The minimum Gasteiger partial charge on any atom is -0.379 e. The summed E-state index contributed by atoms with van der Waals surface area (Å²) in [6, 6.07) is 14.3. The number of carbonyl (C=O) groups excluding carboxylic acids is 2. The summed E-state index contributed by atoms with van der Waals surface area (Å²) in [5, 5.41) is 14.1. The number of nitro benzene ring substituents is 1. The molecule has 1 fully saturated rings. The molecule has 7 heteroatoms. The van der Waals surface area contributed by atoms with Crippen LogP contribution in [0, 0.1) is 22.0 Å².